The Kier molecular flexibility index (Phi) is 5.74. The van der Waals surface area contributed by atoms with Crippen molar-refractivity contribution < 1.29 is 14.7 Å². The summed E-state index contributed by atoms with van der Waals surface area (Å²) in [6.07, 6.45) is 6.57. The summed E-state index contributed by atoms with van der Waals surface area (Å²) in [6.45, 7) is 2.73. The Morgan fingerprint density at radius 2 is 2.04 bits per heavy atom. The van der Waals surface area contributed by atoms with Crippen molar-refractivity contribution in [2.75, 3.05) is 18.1 Å². The van der Waals surface area contributed by atoms with Gasteiger partial charge < -0.3 is 15.3 Å². The van der Waals surface area contributed by atoms with E-state index >= 15 is 0 Å². The fourth-order valence-electron chi connectivity index (χ4n) is 4.01. The molecule has 0 aromatic heterocycles. The van der Waals surface area contributed by atoms with E-state index < -0.39 is 0 Å². The topological polar surface area (TPSA) is 69.6 Å². The highest BCUT2D eigenvalue weighted by molar-refractivity contribution is 6.05. The van der Waals surface area contributed by atoms with E-state index in [-0.39, 0.29) is 30.4 Å². The van der Waals surface area contributed by atoms with Crippen LogP contribution in [0.2, 0.25) is 0 Å². The lowest BCUT2D eigenvalue weighted by atomic mass is 9.95. The predicted molar refractivity (Wildman–Crippen MR) is 97.7 cm³/mol. The fraction of sp³-hybridized carbons (Fsp3) is 0.600. The van der Waals surface area contributed by atoms with Crippen molar-refractivity contribution in [1.82, 2.24) is 5.32 Å². The number of anilines is 1. The van der Waals surface area contributed by atoms with Gasteiger partial charge in [0.15, 0.2) is 0 Å². The third-order valence-electron chi connectivity index (χ3n) is 5.47. The molecule has 1 aliphatic heterocycles. The van der Waals surface area contributed by atoms with Crippen LogP contribution < -0.4 is 10.2 Å². The molecule has 2 unspecified atom stereocenters. The predicted octanol–water partition coefficient (Wildman–Crippen LogP) is 2.79. The molecule has 2 fully saturated rings. The molecule has 2 N–H and O–H groups in total. The van der Waals surface area contributed by atoms with Crippen molar-refractivity contribution in [3.63, 3.8) is 0 Å². The number of carbonyl (C=O) groups is 2. The summed E-state index contributed by atoms with van der Waals surface area (Å²) in [7, 11) is 0. The number of hydrogen-bond donors (Lipinski definition) is 2. The molecule has 25 heavy (non-hydrogen) atoms. The van der Waals surface area contributed by atoms with E-state index in [2.05, 4.69) is 5.32 Å². The van der Waals surface area contributed by atoms with Crippen LogP contribution in [0.1, 0.15) is 60.9 Å². The first-order chi connectivity index (χ1) is 12.1. The molecular formula is C20H28N2O3. The summed E-state index contributed by atoms with van der Waals surface area (Å²) in [5, 5.41) is 12.8. The lowest BCUT2D eigenvalue weighted by molar-refractivity contribution is -0.117. The average Bonchev–Trinajstić information content (AvgIpc) is 2.90. The van der Waals surface area contributed by atoms with Gasteiger partial charge in [0.25, 0.3) is 5.91 Å². The van der Waals surface area contributed by atoms with E-state index in [9.17, 15) is 14.7 Å². The van der Waals surface area contributed by atoms with Gasteiger partial charge in [0.2, 0.25) is 5.91 Å². The zero-order valence-electron chi connectivity index (χ0n) is 15.0. The van der Waals surface area contributed by atoms with Crippen molar-refractivity contribution in [3.05, 3.63) is 29.3 Å². The van der Waals surface area contributed by atoms with Gasteiger partial charge in [-0.05, 0) is 38.3 Å². The Balaban J connectivity index is 1.83. The zero-order chi connectivity index (χ0) is 17.8. The second-order valence-electron chi connectivity index (χ2n) is 7.33. The number of rotatable bonds is 4. The molecule has 1 aliphatic carbocycles. The molecule has 2 atom stereocenters. The number of aliphatic hydroxyl groups excluding tert-OH is 1. The van der Waals surface area contributed by atoms with Crippen molar-refractivity contribution in [2.24, 2.45) is 5.92 Å². The maximum Gasteiger partial charge on any atom is 0.253 e. The van der Waals surface area contributed by atoms with Gasteiger partial charge in [0.05, 0.1) is 11.3 Å². The lowest BCUT2D eigenvalue weighted by Gasteiger charge is -2.26. The summed E-state index contributed by atoms with van der Waals surface area (Å²) in [5.41, 5.74) is 2.27. The third kappa shape index (κ3) is 4.03. The number of benzene rings is 1. The van der Waals surface area contributed by atoms with Crippen LogP contribution in [0.25, 0.3) is 0 Å². The molecule has 1 aromatic carbocycles. The number of hydrogen-bond acceptors (Lipinski definition) is 3. The van der Waals surface area contributed by atoms with E-state index in [0.29, 0.717) is 24.2 Å². The molecule has 0 bridgehead atoms. The largest absolute Gasteiger partial charge is 0.396 e. The summed E-state index contributed by atoms with van der Waals surface area (Å²) in [5.74, 6) is 0.0671. The van der Waals surface area contributed by atoms with Crippen LogP contribution in [0.3, 0.4) is 0 Å². The number of nitrogens with one attached hydrogen (secondary N) is 1. The summed E-state index contributed by atoms with van der Waals surface area (Å²) in [4.78, 5) is 26.8. The quantitative estimate of drug-likeness (QED) is 0.825. The maximum atomic E-state index is 13.0. The van der Waals surface area contributed by atoms with Crippen molar-refractivity contribution in [2.45, 2.75) is 57.9 Å². The normalized spacial score (nSPS) is 24.2. The van der Waals surface area contributed by atoms with Crippen molar-refractivity contribution in [1.29, 1.82) is 0 Å². The molecule has 136 valence electrons. The molecule has 1 saturated heterocycles. The molecule has 3 rings (SSSR count). The minimum absolute atomic E-state index is 0.00245. The van der Waals surface area contributed by atoms with Crippen LogP contribution in [0.4, 0.5) is 5.69 Å². The molecule has 0 spiro atoms. The van der Waals surface area contributed by atoms with Gasteiger partial charge in [-0.2, -0.15) is 0 Å². The van der Waals surface area contributed by atoms with Gasteiger partial charge in [-0.25, -0.2) is 0 Å². The number of carbonyl (C=O) groups excluding carboxylic acids is 2. The molecule has 1 heterocycles. The SMILES string of the molecule is Cc1ccc(N2CCCC2=O)c(C(=O)NC2CCCCCC2CO)c1. The Labute approximate surface area is 149 Å². The van der Waals surface area contributed by atoms with Crippen LogP contribution in [0.15, 0.2) is 18.2 Å². The molecule has 5 nitrogen and oxygen atoms in total. The first kappa shape index (κ1) is 17.9. The van der Waals surface area contributed by atoms with E-state index in [0.717, 1.165) is 44.1 Å². The second kappa shape index (κ2) is 8.00. The Bertz CT molecular complexity index is 644. The van der Waals surface area contributed by atoms with Crippen LogP contribution >= 0.6 is 0 Å². The molecule has 0 radical (unpaired) electrons. The maximum absolute atomic E-state index is 13.0. The van der Waals surface area contributed by atoms with E-state index in [1.165, 1.54) is 0 Å². The van der Waals surface area contributed by atoms with E-state index in [1.807, 2.05) is 25.1 Å². The summed E-state index contributed by atoms with van der Waals surface area (Å²) in [6, 6.07) is 5.69. The fourth-order valence-corrected chi connectivity index (χ4v) is 4.01. The molecule has 1 saturated carbocycles. The number of amides is 2. The highest BCUT2D eigenvalue weighted by Gasteiger charge is 2.29. The molecule has 5 heteroatoms. The second-order valence-corrected chi connectivity index (χ2v) is 7.33. The van der Waals surface area contributed by atoms with E-state index in [1.54, 1.807) is 4.90 Å². The third-order valence-corrected chi connectivity index (χ3v) is 5.47. The minimum atomic E-state index is -0.135. The molecular weight excluding hydrogens is 316 g/mol. The smallest absolute Gasteiger partial charge is 0.253 e. The Hall–Kier alpha value is -1.88. The number of aryl methyl sites for hydroxylation is 1. The monoisotopic (exact) mass is 344 g/mol. The van der Waals surface area contributed by atoms with Gasteiger partial charge in [-0.15, -0.1) is 0 Å². The van der Waals surface area contributed by atoms with Crippen LogP contribution in [-0.2, 0) is 4.79 Å². The van der Waals surface area contributed by atoms with Gasteiger partial charge >= 0.3 is 0 Å². The first-order valence-corrected chi connectivity index (χ1v) is 9.43. The Morgan fingerprint density at radius 3 is 2.76 bits per heavy atom. The number of aliphatic hydroxyl groups is 1. The molecule has 1 aromatic rings. The van der Waals surface area contributed by atoms with Gasteiger partial charge in [-0.3, -0.25) is 9.59 Å². The van der Waals surface area contributed by atoms with Crippen molar-refractivity contribution in [3.8, 4) is 0 Å². The van der Waals surface area contributed by atoms with Gasteiger partial charge in [0.1, 0.15) is 0 Å². The molecule has 2 aliphatic rings. The summed E-state index contributed by atoms with van der Waals surface area (Å²) >= 11 is 0. The van der Waals surface area contributed by atoms with Crippen LogP contribution in [-0.4, -0.2) is 36.1 Å². The van der Waals surface area contributed by atoms with Crippen molar-refractivity contribution >= 4 is 17.5 Å². The standard InChI is InChI=1S/C20H28N2O3/c1-14-9-10-18(22-11-5-8-19(22)24)16(12-14)20(25)21-17-7-4-2-3-6-15(17)13-23/h9-10,12,15,17,23H,2-8,11,13H2,1H3,(H,21,25). The Morgan fingerprint density at radius 1 is 1.24 bits per heavy atom. The zero-order valence-corrected chi connectivity index (χ0v) is 15.0. The highest BCUT2D eigenvalue weighted by Crippen LogP contribution is 2.28. The average molecular weight is 344 g/mol. The van der Waals surface area contributed by atoms with E-state index in [4.69, 9.17) is 0 Å². The molecule has 2 amide bonds. The van der Waals surface area contributed by atoms with Crippen LogP contribution in [0, 0.1) is 12.8 Å². The van der Waals surface area contributed by atoms with Gasteiger partial charge in [0, 0.05) is 31.5 Å². The summed E-state index contributed by atoms with van der Waals surface area (Å²) < 4.78 is 0. The first-order valence-electron chi connectivity index (χ1n) is 9.43. The number of nitrogens with zero attached hydrogens (tertiary/aromatic N) is 1. The highest BCUT2D eigenvalue weighted by atomic mass is 16.3. The van der Waals surface area contributed by atoms with Gasteiger partial charge in [-0.1, -0.05) is 30.9 Å². The minimum Gasteiger partial charge on any atom is -0.396 e. The lowest BCUT2D eigenvalue weighted by Crippen LogP contribution is -2.41. The van der Waals surface area contributed by atoms with Crippen LogP contribution in [0.5, 0.6) is 0 Å².